The molecule has 0 bridgehead atoms. The van der Waals surface area contributed by atoms with E-state index in [0.29, 0.717) is 0 Å². The molecule has 2 aromatic carbocycles. The van der Waals surface area contributed by atoms with Crippen molar-refractivity contribution in [2.75, 3.05) is 18.0 Å². The fraction of sp³-hybridized carbons (Fsp3) is 0.333. The highest BCUT2D eigenvalue weighted by molar-refractivity contribution is 7.70. The maximum absolute atomic E-state index is 12.5. The van der Waals surface area contributed by atoms with Crippen LogP contribution in [-0.4, -0.2) is 65.3 Å². The van der Waals surface area contributed by atoms with Crippen LogP contribution < -0.4 is 11.2 Å². The fourth-order valence-electron chi connectivity index (χ4n) is 3.75. The lowest BCUT2D eigenvalue weighted by Gasteiger charge is -2.18. The lowest BCUT2D eigenvalue weighted by Crippen LogP contribution is -2.36. The Morgan fingerprint density at radius 1 is 1.03 bits per heavy atom. The fourth-order valence-corrected chi connectivity index (χ4v) is 6.31. The number of ether oxygens (including phenoxy) is 1. The molecular formula is C21H25N3O11P2. The first-order valence-electron chi connectivity index (χ1n) is 10.9. The van der Waals surface area contributed by atoms with E-state index < -0.39 is 57.9 Å². The van der Waals surface area contributed by atoms with Crippen LogP contribution in [0.5, 0.6) is 0 Å². The Hall–Kier alpha value is -2.48. The molecule has 1 saturated heterocycles. The molecule has 0 saturated carbocycles. The van der Waals surface area contributed by atoms with E-state index in [0.717, 1.165) is 20.9 Å². The molecule has 0 aliphatic carbocycles. The highest BCUT2D eigenvalue weighted by atomic mass is 31.2. The summed E-state index contributed by atoms with van der Waals surface area (Å²) in [4.78, 5) is 49.0. The number of nitrogens with one attached hydrogen (secondary N) is 1. The molecule has 2 heterocycles. The molecule has 6 N–H and O–H groups in total. The van der Waals surface area contributed by atoms with Crippen LogP contribution in [0.2, 0.25) is 0 Å². The number of benzene rings is 2. The lowest BCUT2D eigenvalue weighted by molar-refractivity contribution is -0.0523. The maximum Gasteiger partial charge on any atom is 0.351 e. The Morgan fingerprint density at radius 2 is 1.76 bits per heavy atom. The van der Waals surface area contributed by atoms with Crippen LogP contribution in [0.1, 0.15) is 11.8 Å². The number of fused-ring (bicyclic) bond motifs is 1. The number of aliphatic hydroxyl groups excluding tert-OH is 2. The molecule has 1 aliphatic rings. The summed E-state index contributed by atoms with van der Waals surface area (Å²) in [5.74, 6) is -1.34. The van der Waals surface area contributed by atoms with Crippen LogP contribution in [-0.2, 0) is 29.8 Å². The first-order chi connectivity index (χ1) is 17.4. The zero-order valence-electron chi connectivity index (χ0n) is 19.1. The number of rotatable bonds is 10. The van der Waals surface area contributed by atoms with Crippen LogP contribution >= 0.6 is 15.2 Å². The summed E-state index contributed by atoms with van der Waals surface area (Å²) in [6.07, 6.45) is -4.79. The summed E-state index contributed by atoms with van der Waals surface area (Å²) < 4.78 is 33.7. The van der Waals surface area contributed by atoms with E-state index in [1.165, 1.54) is 12.3 Å². The van der Waals surface area contributed by atoms with Gasteiger partial charge in [-0.25, -0.2) is 10.3 Å². The van der Waals surface area contributed by atoms with Gasteiger partial charge >= 0.3 is 20.9 Å². The second-order valence-electron chi connectivity index (χ2n) is 8.36. The van der Waals surface area contributed by atoms with Crippen molar-refractivity contribution in [2.24, 2.45) is 0 Å². The Bertz CT molecular complexity index is 1410. The topological polar surface area (TPSA) is 210 Å². The first kappa shape index (κ1) is 27.6. The normalized spacial score (nSPS) is 23.7. The minimum absolute atomic E-state index is 0.0774. The third kappa shape index (κ3) is 7.09. The van der Waals surface area contributed by atoms with E-state index in [1.54, 1.807) is 0 Å². The number of aliphatic hydroxyl groups is 2. The predicted molar refractivity (Wildman–Crippen MR) is 129 cm³/mol. The molecule has 4 rings (SSSR count). The number of aromatic nitrogens is 2. The lowest BCUT2D eigenvalue weighted by atomic mass is 10.1. The Kier molecular flexibility index (Phi) is 8.26. The summed E-state index contributed by atoms with van der Waals surface area (Å²) in [7, 11) is -9.55. The zero-order valence-corrected chi connectivity index (χ0v) is 20.9. The second-order valence-corrected chi connectivity index (χ2v) is 12.4. The SMILES string of the molecule is O=c1nc(NOCc2ccc3ccccc3c2)ccn1[C@@H]1O[C@H](COP(=O)(O)CP(=O)(O)O)C(O)C1O. The molecule has 1 fully saturated rings. The Labute approximate surface area is 209 Å². The van der Waals surface area contributed by atoms with Crippen molar-refractivity contribution >= 4 is 31.8 Å². The van der Waals surface area contributed by atoms with Gasteiger partial charge in [0.2, 0.25) is 0 Å². The quantitative estimate of drug-likeness (QED) is 0.151. The van der Waals surface area contributed by atoms with E-state index in [4.69, 9.17) is 19.4 Å². The molecule has 1 aromatic heterocycles. The monoisotopic (exact) mass is 557 g/mol. The second kappa shape index (κ2) is 11.1. The molecule has 3 unspecified atom stereocenters. The van der Waals surface area contributed by atoms with Gasteiger partial charge in [-0.1, -0.05) is 36.4 Å². The molecule has 0 radical (unpaired) electrons. The largest absolute Gasteiger partial charge is 0.387 e. The van der Waals surface area contributed by atoms with Crippen molar-refractivity contribution in [3.8, 4) is 0 Å². The van der Waals surface area contributed by atoms with E-state index in [2.05, 4.69) is 15.0 Å². The molecule has 200 valence electrons. The van der Waals surface area contributed by atoms with Gasteiger partial charge in [0.05, 0.1) is 13.2 Å². The molecule has 3 aromatic rings. The van der Waals surface area contributed by atoms with Crippen molar-refractivity contribution in [3.63, 3.8) is 0 Å². The summed E-state index contributed by atoms with van der Waals surface area (Å²) in [6.45, 7) is -0.586. The van der Waals surface area contributed by atoms with E-state index in [9.17, 15) is 29.0 Å². The van der Waals surface area contributed by atoms with Crippen molar-refractivity contribution in [1.29, 1.82) is 0 Å². The van der Waals surface area contributed by atoms with Crippen LogP contribution in [0.25, 0.3) is 10.8 Å². The zero-order chi connectivity index (χ0) is 26.8. The van der Waals surface area contributed by atoms with Gasteiger partial charge in [-0.05, 0) is 28.5 Å². The van der Waals surface area contributed by atoms with Crippen molar-refractivity contribution in [1.82, 2.24) is 9.55 Å². The smallest absolute Gasteiger partial charge is 0.351 e. The Morgan fingerprint density at radius 3 is 2.46 bits per heavy atom. The van der Waals surface area contributed by atoms with Crippen LogP contribution in [0.15, 0.2) is 59.5 Å². The molecule has 0 amide bonds. The Balaban J connectivity index is 1.35. The van der Waals surface area contributed by atoms with Gasteiger partial charge < -0.3 is 34.2 Å². The van der Waals surface area contributed by atoms with Crippen LogP contribution in [0, 0.1) is 0 Å². The number of nitrogens with zero attached hydrogens (tertiary/aromatic N) is 2. The summed E-state index contributed by atoms with van der Waals surface area (Å²) >= 11 is 0. The minimum atomic E-state index is -4.84. The van der Waals surface area contributed by atoms with E-state index >= 15 is 0 Å². The van der Waals surface area contributed by atoms with E-state index in [-0.39, 0.29) is 12.4 Å². The highest BCUT2D eigenvalue weighted by Crippen LogP contribution is 2.55. The summed E-state index contributed by atoms with van der Waals surface area (Å²) in [5.41, 5.74) is 2.60. The van der Waals surface area contributed by atoms with Crippen LogP contribution in [0.4, 0.5) is 5.82 Å². The minimum Gasteiger partial charge on any atom is -0.387 e. The molecule has 5 atom stereocenters. The molecule has 1 aliphatic heterocycles. The van der Waals surface area contributed by atoms with Crippen molar-refractivity contribution < 1.29 is 48.1 Å². The highest BCUT2D eigenvalue weighted by Gasteiger charge is 2.45. The average Bonchev–Trinajstić information content (AvgIpc) is 3.10. The molecule has 37 heavy (non-hydrogen) atoms. The van der Waals surface area contributed by atoms with Gasteiger partial charge in [-0.3, -0.25) is 18.5 Å². The predicted octanol–water partition coefficient (Wildman–Crippen LogP) is 0.897. The maximum atomic E-state index is 12.5. The van der Waals surface area contributed by atoms with Crippen molar-refractivity contribution in [3.05, 3.63) is 70.8 Å². The molecule has 16 heteroatoms. The molecular weight excluding hydrogens is 532 g/mol. The van der Waals surface area contributed by atoms with E-state index in [1.807, 2.05) is 42.5 Å². The standard InChI is InChI=1S/C21H25N3O11P2/c25-18-16(11-34-37(31,32)12-36(28,29)30)35-20(19(18)26)24-8-7-17(22-21(24)27)23-33-10-13-5-6-14-3-1-2-4-15(14)9-13/h1-9,16,18-20,25-26H,10-12H2,(H,31,32)(H,22,23,27)(H2,28,29,30)/t16-,18?,19?,20-/m1/s1. The number of hydrogen-bond donors (Lipinski definition) is 6. The van der Waals surface area contributed by atoms with Gasteiger partial charge in [0.25, 0.3) is 0 Å². The molecule has 0 spiro atoms. The van der Waals surface area contributed by atoms with Gasteiger partial charge in [-0.15, -0.1) is 0 Å². The van der Waals surface area contributed by atoms with Gasteiger partial charge in [-0.2, -0.15) is 4.98 Å². The number of hydrogen-bond acceptors (Lipinski definition) is 10. The third-order valence-electron chi connectivity index (χ3n) is 5.47. The first-order valence-corrected chi connectivity index (χ1v) is 14.5. The average molecular weight is 557 g/mol. The number of anilines is 1. The van der Waals surface area contributed by atoms with Crippen LogP contribution in [0.3, 0.4) is 0 Å². The van der Waals surface area contributed by atoms with Gasteiger partial charge in [0.1, 0.15) is 18.3 Å². The summed E-state index contributed by atoms with van der Waals surface area (Å²) in [5, 5.41) is 22.7. The molecule has 14 nitrogen and oxygen atoms in total. The third-order valence-corrected chi connectivity index (χ3v) is 8.93. The summed E-state index contributed by atoms with van der Waals surface area (Å²) in [6, 6.07) is 15.1. The van der Waals surface area contributed by atoms with Gasteiger partial charge in [0, 0.05) is 6.20 Å². The van der Waals surface area contributed by atoms with Gasteiger partial charge in [0.15, 0.2) is 17.9 Å². The van der Waals surface area contributed by atoms with Crippen molar-refractivity contribution in [2.45, 2.75) is 31.1 Å².